The minimum absolute atomic E-state index is 0.0875. The summed E-state index contributed by atoms with van der Waals surface area (Å²) in [6, 6.07) is 7.13. The maximum Gasteiger partial charge on any atom is 0.573 e. The Morgan fingerprint density at radius 1 is 1.23 bits per heavy atom. The molecule has 0 radical (unpaired) electrons. The molecular formula is C17H15F3N2O4. The third kappa shape index (κ3) is 5.20. The van der Waals surface area contributed by atoms with E-state index < -0.39 is 30.0 Å². The number of benzene rings is 1. The van der Waals surface area contributed by atoms with Gasteiger partial charge < -0.3 is 15.2 Å². The average molecular weight is 368 g/mol. The number of hydrogen-bond donors (Lipinski definition) is 2. The molecule has 0 aliphatic carbocycles. The summed E-state index contributed by atoms with van der Waals surface area (Å²) in [4.78, 5) is 27.1. The molecule has 0 saturated heterocycles. The van der Waals surface area contributed by atoms with Crippen LogP contribution in [0.2, 0.25) is 0 Å². The fourth-order valence-electron chi connectivity index (χ4n) is 2.25. The van der Waals surface area contributed by atoms with Gasteiger partial charge in [0.25, 0.3) is 5.91 Å². The van der Waals surface area contributed by atoms with Crippen molar-refractivity contribution in [2.45, 2.75) is 26.3 Å². The molecule has 2 rings (SSSR count). The number of rotatable bonds is 5. The van der Waals surface area contributed by atoms with Crippen LogP contribution in [0.3, 0.4) is 0 Å². The van der Waals surface area contributed by atoms with Gasteiger partial charge in [0.1, 0.15) is 11.4 Å². The zero-order valence-corrected chi connectivity index (χ0v) is 13.8. The summed E-state index contributed by atoms with van der Waals surface area (Å²) in [5.74, 6) is -2.25. The highest BCUT2D eigenvalue weighted by Crippen LogP contribution is 2.25. The largest absolute Gasteiger partial charge is 0.573 e. The normalized spacial score (nSPS) is 12.3. The number of alkyl halides is 3. The second kappa shape index (κ2) is 7.42. The molecule has 1 aromatic carbocycles. The molecule has 138 valence electrons. The van der Waals surface area contributed by atoms with Gasteiger partial charge in [0.15, 0.2) is 0 Å². The second-order valence-electron chi connectivity index (χ2n) is 5.50. The summed E-state index contributed by atoms with van der Waals surface area (Å²) in [5.41, 5.74) is 0.556. The monoisotopic (exact) mass is 368 g/mol. The van der Waals surface area contributed by atoms with Crippen molar-refractivity contribution in [1.29, 1.82) is 0 Å². The number of nitrogens with one attached hydrogen (secondary N) is 1. The van der Waals surface area contributed by atoms with Crippen LogP contribution >= 0.6 is 0 Å². The SMILES string of the molecule is Cc1cc(C(=O)NC(C)c2cccc(OC(F)(F)F)c2)cc(C(=O)O)n1. The van der Waals surface area contributed by atoms with Crippen molar-refractivity contribution >= 4 is 11.9 Å². The van der Waals surface area contributed by atoms with Gasteiger partial charge in [0.2, 0.25) is 0 Å². The fraction of sp³-hybridized carbons (Fsp3) is 0.235. The molecule has 1 heterocycles. The van der Waals surface area contributed by atoms with E-state index in [4.69, 9.17) is 5.11 Å². The Bertz CT molecular complexity index is 837. The van der Waals surface area contributed by atoms with Crippen molar-refractivity contribution in [2.75, 3.05) is 0 Å². The number of ether oxygens (including phenoxy) is 1. The molecule has 0 aliphatic rings. The molecule has 0 fully saturated rings. The van der Waals surface area contributed by atoms with Gasteiger partial charge in [0, 0.05) is 11.3 Å². The summed E-state index contributed by atoms with van der Waals surface area (Å²) >= 11 is 0. The predicted octanol–water partition coefficient (Wildman–Crippen LogP) is 3.48. The van der Waals surface area contributed by atoms with E-state index in [0.29, 0.717) is 11.3 Å². The molecule has 26 heavy (non-hydrogen) atoms. The first-order valence-electron chi connectivity index (χ1n) is 7.44. The van der Waals surface area contributed by atoms with Crippen molar-refractivity contribution in [2.24, 2.45) is 0 Å². The number of hydrogen-bond acceptors (Lipinski definition) is 4. The standard InChI is InChI=1S/C17H15F3N2O4/c1-9-6-12(8-14(21-9)16(24)25)15(23)22-10(2)11-4-3-5-13(7-11)26-17(18,19)20/h3-8,10H,1-2H3,(H,22,23)(H,24,25). The Kier molecular flexibility index (Phi) is 5.49. The molecule has 6 nitrogen and oxygen atoms in total. The summed E-state index contributed by atoms with van der Waals surface area (Å²) < 4.78 is 40.8. The highest BCUT2D eigenvalue weighted by Gasteiger charge is 2.31. The summed E-state index contributed by atoms with van der Waals surface area (Å²) in [5, 5.41) is 11.6. The van der Waals surface area contributed by atoms with E-state index >= 15 is 0 Å². The number of amides is 1. The van der Waals surface area contributed by atoms with Crippen molar-refractivity contribution in [3.05, 3.63) is 58.9 Å². The van der Waals surface area contributed by atoms with Crippen LogP contribution in [0.4, 0.5) is 13.2 Å². The van der Waals surface area contributed by atoms with Gasteiger partial charge >= 0.3 is 12.3 Å². The third-order valence-electron chi connectivity index (χ3n) is 3.37. The molecular weight excluding hydrogens is 353 g/mol. The van der Waals surface area contributed by atoms with Gasteiger partial charge in [-0.3, -0.25) is 4.79 Å². The van der Waals surface area contributed by atoms with Gasteiger partial charge in [-0.15, -0.1) is 13.2 Å². The Morgan fingerprint density at radius 2 is 1.92 bits per heavy atom. The molecule has 2 aromatic rings. The Labute approximate surface area is 146 Å². The van der Waals surface area contributed by atoms with Gasteiger partial charge in [-0.1, -0.05) is 12.1 Å². The quantitative estimate of drug-likeness (QED) is 0.844. The summed E-state index contributed by atoms with van der Waals surface area (Å²) in [7, 11) is 0. The Morgan fingerprint density at radius 3 is 2.54 bits per heavy atom. The van der Waals surface area contributed by atoms with Crippen molar-refractivity contribution in [3.63, 3.8) is 0 Å². The molecule has 1 aromatic heterocycles. The zero-order chi connectivity index (χ0) is 19.5. The van der Waals surface area contributed by atoms with Crippen LogP contribution in [-0.2, 0) is 0 Å². The maximum atomic E-state index is 12.3. The molecule has 0 saturated carbocycles. The van der Waals surface area contributed by atoms with Crippen LogP contribution in [0.1, 0.15) is 45.1 Å². The van der Waals surface area contributed by atoms with E-state index in [1.807, 2.05) is 0 Å². The number of aryl methyl sites for hydroxylation is 1. The average Bonchev–Trinajstić information content (AvgIpc) is 2.52. The molecule has 1 atom stereocenters. The number of carbonyl (C=O) groups is 2. The van der Waals surface area contributed by atoms with Gasteiger partial charge in [-0.2, -0.15) is 0 Å². The first-order chi connectivity index (χ1) is 12.0. The summed E-state index contributed by atoms with van der Waals surface area (Å²) in [6.45, 7) is 3.13. The highest BCUT2D eigenvalue weighted by atomic mass is 19.4. The lowest BCUT2D eigenvalue weighted by Crippen LogP contribution is -2.27. The highest BCUT2D eigenvalue weighted by molar-refractivity contribution is 5.97. The molecule has 1 amide bonds. The van der Waals surface area contributed by atoms with Crippen molar-refractivity contribution < 1.29 is 32.6 Å². The molecule has 9 heteroatoms. The minimum Gasteiger partial charge on any atom is -0.477 e. The van der Waals surface area contributed by atoms with Crippen LogP contribution in [-0.4, -0.2) is 28.3 Å². The number of halogens is 3. The topological polar surface area (TPSA) is 88.5 Å². The zero-order valence-electron chi connectivity index (χ0n) is 13.8. The van der Waals surface area contributed by atoms with E-state index in [1.54, 1.807) is 13.8 Å². The van der Waals surface area contributed by atoms with Crippen LogP contribution in [0.15, 0.2) is 36.4 Å². The maximum absolute atomic E-state index is 12.3. The third-order valence-corrected chi connectivity index (χ3v) is 3.37. The molecule has 0 aliphatic heterocycles. The van der Waals surface area contributed by atoms with Crippen LogP contribution in [0.25, 0.3) is 0 Å². The van der Waals surface area contributed by atoms with Gasteiger partial charge in [-0.25, -0.2) is 9.78 Å². The lowest BCUT2D eigenvalue weighted by Gasteiger charge is -2.16. The number of aromatic carboxylic acids is 1. The van der Waals surface area contributed by atoms with Crippen molar-refractivity contribution in [3.8, 4) is 5.75 Å². The Balaban J connectivity index is 2.17. The van der Waals surface area contributed by atoms with Gasteiger partial charge in [-0.05, 0) is 43.7 Å². The van der Waals surface area contributed by atoms with Crippen LogP contribution in [0.5, 0.6) is 5.75 Å². The van der Waals surface area contributed by atoms with E-state index in [1.165, 1.54) is 24.3 Å². The van der Waals surface area contributed by atoms with Crippen LogP contribution < -0.4 is 10.1 Å². The summed E-state index contributed by atoms with van der Waals surface area (Å²) in [6.07, 6.45) is -4.81. The number of carbonyl (C=O) groups excluding carboxylic acids is 1. The van der Waals surface area contributed by atoms with Crippen LogP contribution in [0, 0.1) is 6.92 Å². The minimum atomic E-state index is -4.81. The van der Waals surface area contributed by atoms with Gasteiger partial charge in [0.05, 0.1) is 6.04 Å². The van der Waals surface area contributed by atoms with E-state index in [2.05, 4.69) is 15.0 Å². The van der Waals surface area contributed by atoms with E-state index in [9.17, 15) is 22.8 Å². The number of nitrogens with zero attached hydrogens (tertiary/aromatic N) is 1. The lowest BCUT2D eigenvalue weighted by atomic mass is 10.1. The first kappa shape index (κ1) is 19.2. The number of carboxylic acid groups (broad SMARTS) is 1. The predicted molar refractivity (Wildman–Crippen MR) is 84.9 cm³/mol. The molecule has 0 spiro atoms. The van der Waals surface area contributed by atoms with E-state index in [0.717, 1.165) is 12.1 Å². The molecule has 1 unspecified atom stereocenters. The number of pyridine rings is 1. The fourth-order valence-corrected chi connectivity index (χ4v) is 2.25. The lowest BCUT2D eigenvalue weighted by molar-refractivity contribution is -0.274. The number of carboxylic acids is 1. The van der Waals surface area contributed by atoms with Crippen molar-refractivity contribution in [1.82, 2.24) is 10.3 Å². The Hall–Kier alpha value is -3.10. The molecule has 0 bridgehead atoms. The second-order valence-corrected chi connectivity index (χ2v) is 5.50. The first-order valence-corrected chi connectivity index (χ1v) is 7.44. The van der Waals surface area contributed by atoms with E-state index in [-0.39, 0.29) is 11.3 Å². The number of aromatic nitrogens is 1. The molecule has 2 N–H and O–H groups in total. The smallest absolute Gasteiger partial charge is 0.477 e.